The topological polar surface area (TPSA) is 66.5 Å². The van der Waals surface area contributed by atoms with E-state index in [1.807, 2.05) is 0 Å². The molecule has 2 rings (SSSR count). The molecular weight excluding hydrogens is 185 g/mol. The average Bonchev–Trinajstić information content (AvgIpc) is 2.67. The summed E-state index contributed by atoms with van der Waals surface area (Å²) in [6, 6.07) is 1.24. The predicted molar refractivity (Wildman–Crippen MR) is 47.9 cm³/mol. The first kappa shape index (κ1) is 8.61. The SMILES string of the molecule is Fc1cc(NCc2cn[nH]c2)ncn1. The molecule has 0 radical (unpaired) electrons. The Morgan fingerprint density at radius 3 is 3.07 bits per heavy atom. The molecule has 0 saturated heterocycles. The molecule has 0 amide bonds. The molecule has 2 heterocycles. The quantitative estimate of drug-likeness (QED) is 0.712. The highest BCUT2D eigenvalue weighted by Crippen LogP contribution is 2.04. The molecule has 0 aliphatic carbocycles. The van der Waals surface area contributed by atoms with Crippen molar-refractivity contribution in [1.82, 2.24) is 20.2 Å². The van der Waals surface area contributed by atoms with Crippen LogP contribution in [-0.4, -0.2) is 20.2 Å². The molecule has 0 fully saturated rings. The van der Waals surface area contributed by atoms with Gasteiger partial charge in [-0.15, -0.1) is 0 Å². The lowest BCUT2D eigenvalue weighted by Gasteiger charge is -2.01. The first-order chi connectivity index (χ1) is 6.84. The van der Waals surface area contributed by atoms with E-state index in [4.69, 9.17) is 0 Å². The van der Waals surface area contributed by atoms with Crippen LogP contribution in [0, 0.1) is 5.95 Å². The van der Waals surface area contributed by atoms with Crippen LogP contribution < -0.4 is 5.32 Å². The number of hydrogen-bond donors (Lipinski definition) is 2. The van der Waals surface area contributed by atoms with Gasteiger partial charge in [0.15, 0.2) is 0 Å². The van der Waals surface area contributed by atoms with E-state index >= 15 is 0 Å². The molecule has 2 aromatic rings. The van der Waals surface area contributed by atoms with Crippen LogP contribution in [-0.2, 0) is 6.54 Å². The Balaban J connectivity index is 1.98. The maximum absolute atomic E-state index is 12.6. The highest BCUT2D eigenvalue weighted by Gasteiger charge is 1.97. The number of nitrogens with zero attached hydrogens (tertiary/aromatic N) is 3. The molecule has 0 unspecified atom stereocenters. The third kappa shape index (κ3) is 2.03. The van der Waals surface area contributed by atoms with Gasteiger partial charge in [0.2, 0.25) is 5.95 Å². The van der Waals surface area contributed by atoms with Crippen LogP contribution in [0.15, 0.2) is 24.8 Å². The van der Waals surface area contributed by atoms with Crippen LogP contribution in [0.25, 0.3) is 0 Å². The van der Waals surface area contributed by atoms with Crippen LogP contribution in [0.5, 0.6) is 0 Å². The van der Waals surface area contributed by atoms with Gasteiger partial charge in [-0.3, -0.25) is 5.10 Å². The van der Waals surface area contributed by atoms with E-state index in [1.165, 1.54) is 12.4 Å². The second-order valence-electron chi connectivity index (χ2n) is 2.69. The Morgan fingerprint density at radius 2 is 2.36 bits per heavy atom. The molecule has 14 heavy (non-hydrogen) atoms. The summed E-state index contributed by atoms with van der Waals surface area (Å²) in [5.41, 5.74) is 0.976. The molecule has 0 aliphatic rings. The summed E-state index contributed by atoms with van der Waals surface area (Å²) >= 11 is 0. The van der Waals surface area contributed by atoms with Crippen LogP contribution >= 0.6 is 0 Å². The number of aromatic amines is 1. The van der Waals surface area contributed by atoms with Crippen molar-refractivity contribution in [2.45, 2.75) is 6.54 Å². The molecule has 2 N–H and O–H groups in total. The number of anilines is 1. The Hall–Kier alpha value is -1.98. The van der Waals surface area contributed by atoms with Gasteiger partial charge < -0.3 is 5.32 Å². The summed E-state index contributed by atoms with van der Waals surface area (Å²) in [5, 5.41) is 9.40. The van der Waals surface area contributed by atoms with Gasteiger partial charge in [0.25, 0.3) is 0 Å². The van der Waals surface area contributed by atoms with Crippen molar-refractivity contribution in [3.05, 3.63) is 36.3 Å². The Bertz CT molecular complexity index is 400. The van der Waals surface area contributed by atoms with Crippen molar-refractivity contribution in [3.8, 4) is 0 Å². The van der Waals surface area contributed by atoms with Gasteiger partial charge in [-0.25, -0.2) is 9.97 Å². The lowest BCUT2D eigenvalue weighted by Crippen LogP contribution is -2.01. The Morgan fingerprint density at radius 1 is 1.43 bits per heavy atom. The van der Waals surface area contributed by atoms with Gasteiger partial charge in [0.05, 0.1) is 6.20 Å². The molecule has 0 aliphatic heterocycles. The Kier molecular flexibility index (Phi) is 2.35. The molecule has 0 saturated carbocycles. The summed E-state index contributed by atoms with van der Waals surface area (Å²) in [7, 11) is 0. The zero-order chi connectivity index (χ0) is 9.80. The fraction of sp³-hybridized carbons (Fsp3) is 0.125. The van der Waals surface area contributed by atoms with E-state index in [-0.39, 0.29) is 0 Å². The monoisotopic (exact) mass is 193 g/mol. The number of nitrogens with one attached hydrogen (secondary N) is 2. The lowest BCUT2D eigenvalue weighted by molar-refractivity contribution is 0.580. The minimum atomic E-state index is -0.547. The first-order valence-corrected chi connectivity index (χ1v) is 4.03. The fourth-order valence-electron chi connectivity index (χ4n) is 0.997. The van der Waals surface area contributed by atoms with E-state index < -0.39 is 5.95 Å². The minimum absolute atomic E-state index is 0.457. The maximum atomic E-state index is 12.6. The Labute approximate surface area is 79.4 Å². The highest BCUT2D eigenvalue weighted by molar-refractivity contribution is 5.32. The molecule has 2 aromatic heterocycles. The van der Waals surface area contributed by atoms with Crippen LogP contribution in [0.3, 0.4) is 0 Å². The molecule has 6 heteroatoms. The van der Waals surface area contributed by atoms with Gasteiger partial charge in [-0.1, -0.05) is 0 Å². The molecule has 0 spiro atoms. The van der Waals surface area contributed by atoms with Gasteiger partial charge >= 0.3 is 0 Å². The van der Waals surface area contributed by atoms with Gasteiger partial charge in [-0.05, 0) is 0 Å². The summed E-state index contributed by atoms with van der Waals surface area (Å²) in [6.45, 7) is 0.549. The van der Waals surface area contributed by atoms with Crippen molar-refractivity contribution in [1.29, 1.82) is 0 Å². The van der Waals surface area contributed by atoms with Crippen LogP contribution in [0.4, 0.5) is 10.2 Å². The van der Waals surface area contributed by atoms with E-state index in [2.05, 4.69) is 25.5 Å². The smallest absolute Gasteiger partial charge is 0.217 e. The fourth-order valence-corrected chi connectivity index (χ4v) is 0.997. The summed E-state index contributed by atoms with van der Waals surface area (Å²) in [6.07, 6.45) is 4.61. The predicted octanol–water partition coefficient (Wildman–Crippen LogP) is 0.951. The standard InChI is InChI=1S/C8H8FN5/c9-7-1-8(12-5-11-7)10-2-6-3-13-14-4-6/h1,3-5H,2H2,(H,13,14)(H,10,11,12). The number of rotatable bonds is 3. The van der Waals surface area contributed by atoms with E-state index in [9.17, 15) is 4.39 Å². The van der Waals surface area contributed by atoms with E-state index in [0.29, 0.717) is 12.4 Å². The molecular formula is C8H8FN5. The number of H-pyrrole nitrogens is 1. The second kappa shape index (κ2) is 3.82. The summed E-state index contributed by atoms with van der Waals surface area (Å²) in [4.78, 5) is 7.19. The number of aromatic nitrogens is 4. The van der Waals surface area contributed by atoms with E-state index in [1.54, 1.807) is 12.4 Å². The van der Waals surface area contributed by atoms with Crippen LogP contribution in [0.2, 0.25) is 0 Å². The summed E-state index contributed by atoms with van der Waals surface area (Å²) in [5.74, 6) is -0.0895. The lowest BCUT2D eigenvalue weighted by atomic mass is 10.3. The van der Waals surface area contributed by atoms with Crippen LogP contribution in [0.1, 0.15) is 5.56 Å². The average molecular weight is 193 g/mol. The largest absolute Gasteiger partial charge is 0.366 e. The van der Waals surface area contributed by atoms with E-state index in [0.717, 1.165) is 5.56 Å². The number of hydrogen-bond acceptors (Lipinski definition) is 4. The van der Waals surface area contributed by atoms with Crippen molar-refractivity contribution < 1.29 is 4.39 Å². The molecule has 0 atom stereocenters. The summed E-state index contributed by atoms with van der Waals surface area (Å²) < 4.78 is 12.6. The second-order valence-corrected chi connectivity index (χ2v) is 2.69. The zero-order valence-corrected chi connectivity index (χ0v) is 7.24. The van der Waals surface area contributed by atoms with Crippen molar-refractivity contribution >= 4 is 5.82 Å². The first-order valence-electron chi connectivity index (χ1n) is 4.03. The number of halogens is 1. The third-order valence-electron chi connectivity index (χ3n) is 1.66. The normalized spacial score (nSPS) is 10.1. The van der Waals surface area contributed by atoms with Crippen molar-refractivity contribution in [3.63, 3.8) is 0 Å². The third-order valence-corrected chi connectivity index (χ3v) is 1.66. The van der Waals surface area contributed by atoms with Gasteiger partial charge in [-0.2, -0.15) is 9.49 Å². The molecule has 0 aromatic carbocycles. The molecule has 72 valence electrons. The minimum Gasteiger partial charge on any atom is -0.366 e. The van der Waals surface area contributed by atoms with Gasteiger partial charge in [0, 0.05) is 24.4 Å². The zero-order valence-electron chi connectivity index (χ0n) is 7.24. The van der Waals surface area contributed by atoms with Gasteiger partial charge in [0.1, 0.15) is 12.1 Å². The molecule has 5 nitrogen and oxygen atoms in total. The maximum Gasteiger partial charge on any atom is 0.217 e. The highest BCUT2D eigenvalue weighted by atomic mass is 19.1. The van der Waals surface area contributed by atoms with Crippen molar-refractivity contribution in [2.75, 3.05) is 5.32 Å². The van der Waals surface area contributed by atoms with Crippen molar-refractivity contribution in [2.24, 2.45) is 0 Å². The molecule has 0 bridgehead atoms.